The van der Waals surface area contributed by atoms with Gasteiger partial charge in [-0.05, 0) is 26.8 Å². The van der Waals surface area contributed by atoms with Crippen LogP contribution in [0, 0.1) is 0 Å². The molecule has 1 radical (unpaired) electrons. The van der Waals surface area contributed by atoms with Crippen LogP contribution >= 0.6 is 7.80 Å². The van der Waals surface area contributed by atoms with E-state index in [2.05, 4.69) is 50.8 Å². The van der Waals surface area contributed by atoms with Gasteiger partial charge in [0.25, 0.3) is 0 Å². The number of hydrogen-bond acceptors (Lipinski definition) is 0. The number of rotatable bonds is 2. The molecule has 1 unspecified atom stereocenters. The van der Waals surface area contributed by atoms with Crippen LogP contribution in [0.2, 0.25) is 6.82 Å². The van der Waals surface area contributed by atoms with E-state index in [1.165, 1.54) is 5.30 Å². The Bertz CT molecular complexity index is 186. The first-order valence-electron chi connectivity index (χ1n) is 3.53. The van der Waals surface area contributed by atoms with E-state index in [1.54, 1.807) is 0 Å². The van der Waals surface area contributed by atoms with Crippen LogP contribution in [0.4, 0.5) is 0 Å². The number of hydrogen-bond donors (Lipinski definition) is 0. The maximum atomic E-state index is 2.31. The van der Waals surface area contributed by atoms with Gasteiger partial charge in [-0.1, -0.05) is 18.2 Å². The highest BCUT2D eigenvalue weighted by molar-refractivity contribution is 7.91. The lowest BCUT2D eigenvalue weighted by molar-refractivity contribution is 1.77. The van der Waals surface area contributed by atoms with Gasteiger partial charge in [0.15, 0.2) is 0 Å². The molecule has 1 rings (SSSR count). The maximum Gasteiger partial charge on any atom is 0.356 e. The predicted octanol–water partition coefficient (Wildman–Crippen LogP) is 1.82. The lowest BCUT2D eigenvalue weighted by Crippen LogP contribution is -2.00. The Balaban J connectivity index is 2.75. The molecule has 0 saturated heterocycles. The smallest absolute Gasteiger partial charge is 0.0620 e. The molecular formula is C8H12BP+. The zero-order valence-electron chi connectivity index (χ0n) is 6.46. The van der Waals surface area contributed by atoms with Gasteiger partial charge in [0.1, 0.15) is 0 Å². The summed E-state index contributed by atoms with van der Waals surface area (Å²) in [7, 11) is -0.332. The summed E-state index contributed by atoms with van der Waals surface area (Å²) in [5, 5.41) is 1.50. The zero-order valence-corrected chi connectivity index (χ0v) is 7.46. The Labute approximate surface area is 64.6 Å². The second-order valence-corrected chi connectivity index (χ2v) is 4.86. The third-order valence-corrected chi connectivity index (χ3v) is 3.77. The highest BCUT2D eigenvalue weighted by atomic mass is 31.1. The van der Waals surface area contributed by atoms with Crippen molar-refractivity contribution in [2.24, 2.45) is 0 Å². The first kappa shape index (κ1) is 7.82. The normalized spacial score (nSPS) is 12.6. The Morgan fingerprint density at radius 2 is 1.80 bits per heavy atom. The summed E-state index contributed by atoms with van der Waals surface area (Å²) >= 11 is 0. The molecule has 0 nitrogen and oxygen atoms in total. The monoisotopic (exact) mass is 150 g/mol. The van der Waals surface area contributed by atoms with Crippen molar-refractivity contribution in [3.8, 4) is 0 Å². The second-order valence-electron chi connectivity index (χ2n) is 2.34. The summed E-state index contributed by atoms with van der Waals surface area (Å²) < 4.78 is 0. The molecule has 0 amide bonds. The summed E-state index contributed by atoms with van der Waals surface area (Å²) in [5.74, 6) is 0. The van der Waals surface area contributed by atoms with E-state index >= 15 is 0 Å². The van der Waals surface area contributed by atoms with Crippen molar-refractivity contribution in [2.45, 2.75) is 6.82 Å². The fourth-order valence-corrected chi connectivity index (χ4v) is 1.92. The highest BCUT2D eigenvalue weighted by Gasteiger charge is 2.09. The fraction of sp³-hybridized carbons (Fsp3) is 0.250. The molecule has 0 aliphatic rings. The second kappa shape index (κ2) is 3.78. The molecule has 0 heterocycles. The minimum atomic E-state index is -0.332. The molecule has 1 aromatic rings. The third-order valence-electron chi connectivity index (χ3n) is 1.66. The molecule has 1 atom stereocenters. The molecule has 10 heavy (non-hydrogen) atoms. The van der Waals surface area contributed by atoms with Crippen LogP contribution in [-0.2, 0) is 0 Å². The summed E-state index contributed by atoms with van der Waals surface area (Å²) in [6.45, 7) is 6.75. The van der Waals surface area contributed by atoms with E-state index in [9.17, 15) is 0 Å². The van der Waals surface area contributed by atoms with Crippen LogP contribution in [0.25, 0.3) is 0 Å². The van der Waals surface area contributed by atoms with Crippen LogP contribution in [0.5, 0.6) is 0 Å². The van der Waals surface area contributed by atoms with Crippen molar-refractivity contribution in [3.63, 3.8) is 0 Å². The predicted molar refractivity (Wildman–Crippen MR) is 51.9 cm³/mol. The molecule has 1 aromatic carbocycles. The van der Waals surface area contributed by atoms with E-state index in [0.29, 0.717) is 0 Å². The Kier molecular flexibility index (Phi) is 2.95. The van der Waals surface area contributed by atoms with Gasteiger partial charge < -0.3 is 0 Å². The van der Waals surface area contributed by atoms with Crippen molar-refractivity contribution in [1.82, 2.24) is 0 Å². The first-order chi connectivity index (χ1) is 4.84. The van der Waals surface area contributed by atoms with Gasteiger partial charge in [0, 0.05) is 6.66 Å². The largest absolute Gasteiger partial charge is 0.356 e. The SMILES string of the molecule is C[B][PH+](C)c1ccccc1. The van der Waals surface area contributed by atoms with E-state index in [-0.39, 0.29) is 7.80 Å². The van der Waals surface area contributed by atoms with Gasteiger partial charge in [-0.25, -0.2) is 0 Å². The zero-order chi connectivity index (χ0) is 7.40. The van der Waals surface area contributed by atoms with Crippen LogP contribution in [-0.4, -0.2) is 13.7 Å². The Morgan fingerprint density at radius 1 is 1.20 bits per heavy atom. The molecule has 0 aliphatic carbocycles. The average Bonchev–Trinajstić information content (AvgIpc) is 2.05. The summed E-state index contributed by atoms with van der Waals surface area (Å²) in [6.07, 6.45) is 0. The molecule has 0 fully saturated rings. The highest BCUT2D eigenvalue weighted by Crippen LogP contribution is 2.25. The molecule has 0 N–H and O–H groups in total. The maximum absolute atomic E-state index is 2.31. The molecule has 2 heteroatoms. The molecule has 0 spiro atoms. The Hall–Kier alpha value is -0.285. The van der Waals surface area contributed by atoms with E-state index in [4.69, 9.17) is 0 Å². The standard InChI is InChI=1S/C8H12BP/c1-9-10(2)8-6-4-3-5-7-8/h3-7,10H,1-2H3/q+1. The van der Waals surface area contributed by atoms with Crippen molar-refractivity contribution in [1.29, 1.82) is 0 Å². The minimum absolute atomic E-state index is 0.332. The van der Waals surface area contributed by atoms with Crippen LogP contribution in [0.15, 0.2) is 30.3 Å². The molecule has 0 bridgehead atoms. The summed E-state index contributed by atoms with van der Waals surface area (Å²) in [6, 6.07) is 10.7. The van der Waals surface area contributed by atoms with Crippen LogP contribution < -0.4 is 5.30 Å². The lowest BCUT2D eigenvalue weighted by Gasteiger charge is -1.97. The van der Waals surface area contributed by atoms with Gasteiger partial charge in [-0.3, -0.25) is 0 Å². The quantitative estimate of drug-likeness (QED) is 0.445. The van der Waals surface area contributed by atoms with Crippen LogP contribution in [0.1, 0.15) is 0 Å². The molecule has 0 aliphatic heterocycles. The molecule has 0 saturated carbocycles. The van der Waals surface area contributed by atoms with Gasteiger partial charge in [-0.15, -0.1) is 0 Å². The lowest BCUT2D eigenvalue weighted by atomic mass is 10.2. The van der Waals surface area contributed by atoms with E-state index in [1.807, 2.05) is 0 Å². The topological polar surface area (TPSA) is 0 Å². The van der Waals surface area contributed by atoms with Crippen molar-refractivity contribution >= 4 is 20.1 Å². The van der Waals surface area contributed by atoms with E-state index < -0.39 is 0 Å². The van der Waals surface area contributed by atoms with Crippen LogP contribution in [0.3, 0.4) is 0 Å². The molecule has 0 aromatic heterocycles. The average molecular weight is 150 g/mol. The van der Waals surface area contributed by atoms with Crippen molar-refractivity contribution < 1.29 is 0 Å². The van der Waals surface area contributed by atoms with Gasteiger partial charge >= 0.3 is 7.00 Å². The summed E-state index contributed by atoms with van der Waals surface area (Å²) in [4.78, 5) is 0. The molecule has 51 valence electrons. The summed E-state index contributed by atoms with van der Waals surface area (Å²) in [5.41, 5.74) is 0. The minimum Gasteiger partial charge on any atom is -0.0620 e. The van der Waals surface area contributed by atoms with Gasteiger partial charge in [-0.2, -0.15) is 0 Å². The van der Waals surface area contributed by atoms with Gasteiger partial charge in [0.05, 0.1) is 5.30 Å². The van der Waals surface area contributed by atoms with Crippen molar-refractivity contribution in [3.05, 3.63) is 30.3 Å². The third kappa shape index (κ3) is 1.85. The molecular weight excluding hydrogens is 138 g/mol. The van der Waals surface area contributed by atoms with Crippen molar-refractivity contribution in [2.75, 3.05) is 6.66 Å². The van der Waals surface area contributed by atoms with E-state index in [0.717, 1.165) is 0 Å². The fourth-order valence-electron chi connectivity index (χ4n) is 0.868. The first-order valence-corrected chi connectivity index (χ1v) is 5.60. The Morgan fingerprint density at radius 3 is 2.30 bits per heavy atom. The van der Waals surface area contributed by atoms with Gasteiger partial charge in [0.2, 0.25) is 0 Å². The number of benzene rings is 1.